The number of ether oxygens (including phenoxy) is 1. The molecule has 0 unspecified atom stereocenters. The molecule has 1 N–H and O–H groups in total. The second-order valence-electron chi connectivity index (χ2n) is 4.82. The summed E-state index contributed by atoms with van der Waals surface area (Å²) in [5.41, 5.74) is 0.771. The van der Waals surface area contributed by atoms with Crippen molar-refractivity contribution in [3.63, 3.8) is 0 Å². The van der Waals surface area contributed by atoms with Gasteiger partial charge in [-0.3, -0.25) is 4.79 Å². The first kappa shape index (κ1) is 13.6. The van der Waals surface area contributed by atoms with E-state index in [1.807, 2.05) is 0 Å². The van der Waals surface area contributed by atoms with Gasteiger partial charge < -0.3 is 14.6 Å². The van der Waals surface area contributed by atoms with Crippen molar-refractivity contribution >= 4 is 11.9 Å². The van der Waals surface area contributed by atoms with Crippen LogP contribution in [-0.2, 0) is 9.53 Å². The minimum absolute atomic E-state index is 0.227. The van der Waals surface area contributed by atoms with Gasteiger partial charge in [-0.25, -0.2) is 4.79 Å². The molecule has 0 saturated heterocycles. The Kier molecular flexibility index (Phi) is 4.19. The number of aromatic nitrogens is 1. The Morgan fingerprint density at radius 3 is 2.63 bits per heavy atom. The number of esters is 1. The molecule has 1 aromatic rings. The maximum atomic E-state index is 11.8. The van der Waals surface area contributed by atoms with Gasteiger partial charge in [-0.15, -0.1) is 0 Å². The third-order valence-corrected chi connectivity index (χ3v) is 3.29. The second-order valence-corrected chi connectivity index (χ2v) is 4.82. The van der Waals surface area contributed by atoms with Crippen LogP contribution in [0, 0.1) is 13.8 Å². The first-order valence-corrected chi connectivity index (χ1v) is 6.47. The number of amides is 1. The second kappa shape index (κ2) is 5.86. The lowest BCUT2D eigenvalue weighted by Crippen LogP contribution is -2.36. The summed E-state index contributed by atoms with van der Waals surface area (Å²) in [6.07, 6.45) is 4.29. The summed E-state index contributed by atoms with van der Waals surface area (Å²) in [7, 11) is 0. The van der Waals surface area contributed by atoms with E-state index in [4.69, 9.17) is 9.26 Å². The van der Waals surface area contributed by atoms with Gasteiger partial charge in [0.2, 0.25) is 0 Å². The van der Waals surface area contributed by atoms with Crippen molar-refractivity contribution in [1.29, 1.82) is 0 Å². The molecule has 1 amide bonds. The Hall–Kier alpha value is -1.85. The number of hydrogen-bond donors (Lipinski definition) is 1. The summed E-state index contributed by atoms with van der Waals surface area (Å²) < 4.78 is 9.85. The normalized spacial score (nSPS) is 15.5. The fourth-order valence-corrected chi connectivity index (χ4v) is 2.32. The Balaban J connectivity index is 1.81. The van der Waals surface area contributed by atoms with Crippen LogP contribution < -0.4 is 5.32 Å². The molecule has 6 heteroatoms. The lowest BCUT2D eigenvalue weighted by molar-refractivity contribution is -0.124. The third-order valence-electron chi connectivity index (χ3n) is 3.29. The van der Waals surface area contributed by atoms with E-state index in [-0.39, 0.29) is 18.6 Å². The molecule has 1 heterocycles. The van der Waals surface area contributed by atoms with Crippen LogP contribution in [0.15, 0.2) is 4.52 Å². The predicted molar refractivity (Wildman–Crippen MR) is 66.7 cm³/mol. The van der Waals surface area contributed by atoms with Crippen molar-refractivity contribution in [2.24, 2.45) is 0 Å². The number of hydrogen-bond acceptors (Lipinski definition) is 5. The molecule has 104 valence electrons. The average molecular weight is 266 g/mol. The SMILES string of the molecule is Cc1noc(C)c1C(=O)OCC(=O)NC1CCCC1. The van der Waals surface area contributed by atoms with E-state index >= 15 is 0 Å². The zero-order valence-electron chi connectivity index (χ0n) is 11.2. The van der Waals surface area contributed by atoms with E-state index in [2.05, 4.69) is 10.5 Å². The lowest BCUT2D eigenvalue weighted by atomic mass is 10.2. The molecule has 1 fully saturated rings. The quantitative estimate of drug-likeness (QED) is 0.835. The molecule has 2 rings (SSSR count). The number of aryl methyl sites for hydroxylation is 2. The summed E-state index contributed by atoms with van der Waals surface area (Å²) in [5.74, 6) is -0.427. The van der Waals surface area contributed by atoms with Gasteiger partial charge >= 0.3 is 5.97 Å². The standard InChI is InChI=1S/C13H18N2O4/c1-8-12(9(2)19-15-8)13(17)18-7-11(16)14-10-5-3-4-6-10/h10H,3-7H2,1-2H3,(H,14,16). The maximum Gasteiger partial charge on any atom is 0.344 e. The smallest absolute Gasteiger partial charge is 0.344 e. The van der Waals surface area contributed by atoms with Crippen molar-refractivity contribution in [1.82, 2.24) is 10.5 Å². The lowest BCUT2D eigenvalue weighted by Gasteiger charge is -2.11. The molecule has 1 aliphatic carbocycles. The van der Waals surface area contributed by atoms with Crippen molar-refractivity contribution in [3.05, 3.63) is 17.0 Å². The molecular formula is C13H18N2O4. The number of nitrogens with one attached hydrogen (secondary N) is 1. The van der Waals surface area contributed by atoms with Gasteiger partial charge in [-0.2, -0.15) is 0 Å². The van der Waals surface area contributed by atoms with Gasteiger partial charge in [-0.1, -0.05) is 18.0 Å². The highest BCUT2D eigenvalue weighted by atomic mass is 16.5. The van der Waals surface area contributed by atoms with Crippen LogP contribution in [-0.4, -0.2) is 29.7 Å². The number of nitrogens with zero attached hydrogens (tertiary/aromatic N) is 1. The first-order valence-electron chi connectivity index (χ1n) is 6.47. The van der Waals surface area contributed by atoms with Gasteiger partial charge in [0.25, 0.3) is 5.91 Å². The molecule has 1 aliphatic rings. The van der Waals surface area contributed by atoms with Crippen LogP contribution in [0.25, 0.3) is 0 Å². The van der Waals surface area contributed by atoms with Crippen molar-refractivity contribution in [3.8, 4) is 0 Å². The maximum absolute atomic E-state index is 11.8. The highest BCUT2D eigenvalue weighted by Crippen LogP contribution is 2.17. The molecule has 0 spiro atoms. The fourth-order valence-electron chi connectivity index (χ4n) is 2.32. The highest BCUT2D eigenvalue weighted by molar-refractivity contribution is 5.93. The third kappa shape index (κ3) is 3.33. The molecule has 19 heavy (non-hydrogen) atoms. The van der Waals surface area contributed by atoms with Crippen LogP contribution in [0.1, 0.15) is 47.5 Å². The van der Waals surface area contributed by atoms with Crippen molar-refractivity contribution in [2.45, 2.75) is 45.6 Å². The summed E-state index contributed by atoms with van der Waals surface area (Å²) >= 11 is 0. The van der Waals surface area contributed by atoms with Gasteiger partial charge in [0, 0.05) is 6.04 Å². The molecule has 0 aliphatic heterocycles. The van der Waals surface area contributed by atoms with Crippen molar-refractivity contribution in [2.75, 3.05) is 6.61 Å². The molecule has 0 radical (unpaired) electrons. The summed E-state index contributed by atoms with van der Waals surface area (Å²) in [6, 6.07) is 0.227. The topological polar surface area (TPSA) is 81.4 Å². The molecule has 0 aromatic carbocycles. The summed E-state index contributed by atoms with van der Waals surface area (Å²) in [4.78, 5) is 23.4. The number of carbonyl (C=O) groups excluding carboxylic acids is 2. The van der Waals surface area contributed by atoms with Gasteiger partial charge in [-0.05, 0) is 26.7 Å². The fraction of sp³-hybridized carbons (Fsp3) is 0.615. The van der Waals surface area contributed by atoms with Crippen LogP contribution >= 0.6 is 0 Å². The van der Waals surface area contributed by atoms with E-state index in [9.17, 15) is 9.59 Å². The Morgan fingerprint density at radius 1 is 1.37 bits per heavy atom. The van der Waals surface area contributed by atoms with Crippen LogP contribution in [0.2, 0.25) is 0 Å². The van der Waals surface area contributed by atoms with Crippen LogP contribution in [0.3, 0.4) is 0 Å². The molecule has 6 nitrogen and oxygen atoms in total. The zero-order chi connectivity index (χ0) is 13.8. The number of carbonyl (C=O) groups is 2. The van der Waals surface area contributed by atoms with Gasteiger partial charge in [0.05, 0.1) is 5.69 Å². The van der Waals surface area contributed by atoms with Crippen LogP contribution in [0.4, 0.5) is 0 Å². The minimum atomic E-state index is -0.571. The average Bonchev–Trinajstić information content (AvgIpc) is 2.97. The summed E-state index contributed by atoms with van der Waals surface area (Å²) in [6.45, 7) is 3.03. The molecular weight excluding hydrogens is 248 g/mol. The Bertz CT molecular complexity index is 455. The molecule has 0 atom stereocenters. The predicted octanol–water partition coefficient (Wildman–Crippen LogP) is 1.51. The highest BCUT2D eigenvalue weighted by Gasteiger charge is 2.21. The number of rotatable bonds is 4. The van der Waals surface area contributed by atoms with E-state index in [0.29, 0.717) is 17.0 Å². The van der Waals surface area contributed by atoms with E-state index in [1.165, 1.54) is 0 Å². The molecule has 0 bridgehead atoms. The molecule has 1 aromatic heterocycles. The van der Waals surface area contributed by atoms with Gasteiger partial charge in [0.15, 0.2) is 6.61 Å². The summed E-state index contributed by atoms with van der Waals surface area (Å²) in [5, 5.41) is 6.52. The van der Waals surface area contributed by atoms with E-state index in [1.54, 1.807) is 13.8 Å². The van der Waals surface area contributed by atoms with E-state index < -0.39 is 5.97 Å². The van der Waals surface area contributed by atoms with Crippen LogP contribution in [0.5, 0.6) is 0 Å². The van der Waals surface area contributed by atoms with Gasteiger partial charge in [0.1, 0.15) is 11.3 Å². The minimum Gasteiger partial charge on any atom is -0.452 e. The monoisotopic (exact) mass is 266 g/mol. The molecule has 1 saturated carbocycles. The Labute approximate surface area is 111 Å². The first-order chi connectivity index (χ1) is 9.08. The van der Waals surface area contributed by atoms with Crippen molar-refractivity contribution < 1.29 is 18.8 Å². The Morgan fingerprint density at radius 2 is 2.05 bits per heavy atom. The zero-order valence-corrected chi connectivity index (χ0v) is 11.2. The largest absolute Gasteiger partial charge is 0.452 e. The van der Waals surface area contributed by atoms with E-state index in [0.717, 1.165) is 25.7 Å².